The maximum atomic E-state index is 11.7. The highest BCUT2D eigenvalue weighted by Gasteiger charge is 2.26. The number of rotatable bonds is 2. The molecule has 1 saturated carbocycles. The van der Waals surface area contributed by atoms with Gasteiger partial charge in [0.1, 0.15) is 0 Å². The van der Waals surface area contributed by atoms with Gasteiger partial charge in [0.2, 0.25) is 0 Å². The van der Waals surface area contributed by atoms with E-state index in [1.54, 1.807) is 0 Å². The van der Waals surface area contributed by atoms with Crippen molar-refractivity contribution in [1.29, 1.82) is 0 Å². The molecule has 0 heterocycles. The van der Waals surface area contributed by atoms with E-state index in [0.29, 0.717) is 5.02 Å². The monoisotopic (exact) mass is 315 g/mol. The van der Waals surface area contributed by atoms with Gasteiger partial charge >= 0.3 is 11.8 Å². The molecular formula is C12H11Cl2N3O3. The maximum Gasteiger partial charge on any atom is 0.327 e. The Kier molecular flexibility index (Phi) is 4.46. The van der Waals surface area contributed by atoms with Crippen LogP contribution in [-0.4, -0.2) is 23.8 Å². The first kappa shape index (κ1) is 14.6. The molecule has 1 aliphatic carbocycles. The number of hydrazine groups is 1. The van der Waals surface area contributed by atoms with Crippen molar-refractivity contribution in [2.75, 3.05) is 0 Å². The molecule has 2 rings (SSSR count). The quantitative estimate of drug-likeness (QED) is 0.563. The molecule has 0 spiro atoms. The van der Waals surface area contributed by atoms with Crippen LogP contribution in [0.5, 0.6) is 0 Å². The summed E-state index contributed by atoms with van der Waals surface area (Å²) in [5, 5.41) is 3.03. The molecule has 6 nitrogen and oxygen atoms in total. The van der Waals surface area contributed by atoms with Crippen molar-refractivity contribution >= 4 is 40.9 Å². The molecule has 1 aromatic carbocycles. The third-order valence-corrected chi connectivity index (χ3v) is 3.33. The lowest BCUT2D eigenvalue weighted by Gasteiger charge is -2.08. The topological polar surface area (TPSA) is 87.3 Å². The Morgan fingerprint density at radius 3 is 2.30 bits per heavy atom. The van der Waals surface area contributed by atoms with Crippen LogP contribution in [0, 0.1) is 0 Å². The molecule has 1 aromatic rings. The summed E-state index contributed by atoms with van der Waals surface area (Å²) in [4.78, 5) is 34.4. The minimum absolute atomic E-state index is 0.0685. The fourth-order valence-electron chi connectivity index (χ4n) is 1.36. The molecule has 3 amide bonds. The van der Waals surface area contributed by atoms with E-state index in [2.05, 4.69) is 10.7 Å². The molecule has 0 radical (unpaired) electrons. The Morgan fingerprint density at radius 2 is 1.70 bits per heavy atom. The van der Waals surface area contributed by atoms with E-state index >= 15 is 0 Å². The Morgan fingerprint density at radius 1 is 1.00 bits per heavy atom. The minimum atomic E-state index is -0.926. The van der Waals surface area contributed by atoms with Crippen LogP contribution in [0.15, 0.2) is 18.2 Å². The average Bonchev–Trinajstić information content (AvgIpc) is 3.22. The zero-order valence-corrected chi connectivity index (χ0v) is 11.7. The van der Waals surface area contributed by atoms with Gasteiger partial charge in [0.15, 0.2) is 0 Å². The number of hydrogen-bond acceptors (Lipinski definition) is 3. The predicted octanol–water partition coefficient (Wildman–Crippen LogP) is 1.03. The van der Waals surface area contributed by atoms with Crippen LogP contribution >= 0.6 is 23.2 Å². The van der Waals surface area contributed by atoms with E-state index in [4.69, 9.17) is 23.2 Å². The molecule has 106 valence electrons. The van der Waals surface area contributed by atoms with Crippen molar-refractivity contribution in [3.63, 3.8) is 0 Å². The second-order valence-corrected chi connectivity index (χ2v) is 5.10. The lowest BCUT2D eigenvalue weighted by atomic mass is 10.2. The number of carbonyl (C=O) groups is 3. The normalized spacial score (nSPS) is 13.5. The van der Waals surface area contributed by atoms with E-state index in [1.165, 1.54) is 18.2 Å². The Hall–Kier alpha value is -1.79. The van der Waals surface area contributed by atoms with Crippen molar-refractivity contribution < 1.29 is 14.4 Å². The smallest absolute Gasteiger partial charge is 0.327 e. The van der Waals surface area contributed by atoms with Gasteiger partial charge in [-0.2, -0.15) is 0 Å². The third-order valence-electron chi connectivity index (χ3n) is 2.59. The zero-order chi connectivity index (χ0) is 14.7. The summed E-state index contributed by atoms with van der Waals surface area (Å²) in [5.74, 6) is -2.30. The van der Waals surface area contributed by atoms with Crippen molar-refractivity contribution in [3.05, 3.63) is 33.8 Å². The molecule has 0 aromatic heterocycles. The lowest BCUT2D eigenvalue weighted by Crippen LogP contribution is -2.48. The highest BCUT2D eigenvalue weighted by Crippen LogP contribution is 2.22. The van der Waals surface area contributed by atoms with E-state index in [-0.39, 0.29) is 16.6 Å². The van der Waals surface area contributed by atoms with Gasteiger partial charge in [0, 0.05) is 11.6 Å². The molecule has 0 aliphatic heterocycles. The Balaban J connectivity index is 1.86. The van der Waals surface area contributed by atoms with Gasteiger partial charge in [0.25, 0.3) is 5.91 Å². The summed E-state index contributed by atoms with van der Waals surface area (Å²) in [6, 6.07) is 4.33. The maximum absolute atomic E-state index is 11.7. The van der Waals surface area contributed by atoms with Crippen molar-refractivity contribution in [2.24, 2.45) is 0 Å². The Bertz CT molecular complexity index is 573. The summed E-state index contributed by atoms with van der Waals surface area (Å²) in [6.07, 6.45) is 1.74. The van der Waals surface area contributed by atoms with Gasteiger partial charge in [-0.1, -0.05) is 23.2 Å². The summed E-state index contributed by atoms with van der Waals surface area (Å²) >= 11 is 11.5. The zero-order valence-electron chi connectivity index (χ0n) is 10.2. The lowest BCUT2D eigenvalue weighted by molar-refractivity contribution is -0.139. The van der Waals surface area contributed by atoms with Crippen LogP contribution in [0.3, 0.4) is 0 Å². The molecule has 1 aliphatic rings. The van der Waals surface area contributed by atoms with E-state index in [9.17, 15) is 14.4 Å². The van der Waals surface area contributed by atoms with Crippen LogP contribution < -0.4 is 16.2 Å². The van der Waals surface area contributed by atoms with Crippen LogP contribution in [0.1, 0.15) is 23.2 Å². The number of nitrogens with one attached hydrogen (secondary N) is 3. The van der Waals surface area contributed by atoms with Crippen molar-refractivity contribution in [1.82, 2.24) is 16.2 Å². The largest absolute Gasteiger partial charge is 0.345 e. The number of amides is 3. The fraction of sp³-hybridized carbons (Fsp3) is 0.250. The van der Waals surface area contributed by atoms with Gasteiger partial charge < -0.3 is 5.32 Å². The number of carbonyl (C=O) groups excluding carboxylic acids is 3. The third kappa shape index (κ3) is 3.85. The second kappa shape index (κ2) is 6.11. The van der Waals surface area contributed by atoms with Crippen LogP contribution in [0.25, 0.3) is 0 Å². The summed E-state index contributed by atoms with van der Waals surface area (Å²) in [7, 11) is 0. The summed E-state index contributed by atoms with van der Waals surface area (Å²) in [6.45, 7) is 0. The number of hydrogen-bond donors (Lipinski definition) is 3. The van der Waals surface area contributed by atoms with E-state index in [0.717, 1.165) is 12.8 Å². The van der Waals surface area contributed by atoms with Gasteiger partial charge in [-0.25, -0.2) is 0 Å². The molecule has 1 fully saturated rings. The molecular weight excluding hydrogens is 305 g/mol. The fourth-order valence-corrected chi connectivity index (χ4v) is 1.66. The molecule has 3 N–H and O–H groups in total. The second-order valence-electron chi connectivity index (χ2n) is 4.28. The van der Waals surface area contributed by atoms with Crippen LogP contribution in [0.4, 0.5) is 0 Å². The SMILES string of the molecule is O=C(NNC(=O)c1ccc(Cl)c(Cl)c1)C(=O)NC1CC1. The molecule has 0 atom stereocenters. The Labute approximate surface area is 124 Å². The van der Waals surface area contributed by atoms with Crippen molar-refractivity contribution in [3.8, 4) is 0 Å². The highest BCUT2D eigenvalue weighted by molar-refractivity contribution is 6.42. The summed E-state index contributed by atoms with van der Waals surface area (Å²) in [5.41, 5.74) is 4.35. The van der Waals surface area contributed by atoms with Gasteiger partial charge in [-0.15, -0.1) is 0 Å². The molecule has 0 saturated heterocycles. The molecule has 8 heteroatoms. The van der Waals surface area contributed by atoms with Gasteiger partial charge in [-0.3, -0.25) is 25.2 Å². The first-order valence-corrected chi connectivity index (χ1v) is 6.59. The van der Waals surface area contributed by atoms with E-state index < -0.39 is 17.7 Å². The van der Waals surface area contributed by atoms with Crippen LogP contribution in [-0.2, 0) is 9.59 Å². The highest BCUT2D eigenvalue weighted by atomic mass is 35.5. The minimum Gasteiger partial charge on any atom is -0.345 e. The number of benzene rings is 1. The number of halogens is 2. The standard InChI is InChI=1S/C12H11Cl2N3O3/c13-8-4-1-6(5-9(8)14)10(18)16-17-12(20)11(19)15-7-2-3-7/h1,4-5,7H,2-3H2,(H,15,19)(H,16,18)(H,17,20). The van der Waals surface area contributed by atoms with Crippen molar-refractivity contribution in [2.45, 2.75) is 18.9 Å². The first-order chi connectivity index (χ1) is 9.47. The molecule has 0 unspecified atom stereocenters. The van der Waals surface area contributed by atoms with Gasteiger partial charge in [-0.05, 0) is 31.0 Å². The van der Waals surface area contributed by atoms with Crippen LogP contribution in [0.2, 0.25) is 10.0 Å². The van der Waals surface area contributed by atoms with Gasteiger partial charge in [0.05, 0.1) is 10.0 Å². The predicted molar refractivity (Wildman–Crippen MR) is 73.2 cm³/mol. The first-order valence-electron chi connectivity index (χ1n) is 5.83. The van der Waals surface area contributed by atoms with E-state index in [1.807, 2.05) is 5.43 Å². The average molecular weight is 316 g/mol. The molecule has 0 bridgehead atoms. The summed E-state index contributed by atoms with van der Waals surface area (Å²) < 4.78 is 0. The molecule has 20 heavy (non-hydrogen) atoms.